The van der Waals surface area contributed by atoms with E-state index in [0.29, 0.717) is 54.6 Å². The smallest absolute Gasteiger partial charge is 0.266 e. The summed E-state index contributed by atoms with van der Waals surface area (Å²) in [7, 11) is 0. The number of hydrogen-bond donors (Lipinski definition) is 0. The first kappa shape index (κ1) is 105. The third kappa shape index (κ3) is 43.1. The van der Waals surface area contributed by atoms with E-state index in [0.717, 1.165) is 219 Å². The third-order valence-corrected chi connectivity index (χ3v) is 33.1. The molecular weight excluding hydrogens is 1570 g/mol. The van der Waals surface area contributed by atoms with Gasteiger partial charge in [0.2, 0.25) is 0 Å². The highest BCUT2D eigenvalue weighted by molar-refractivity contribution is 4.96. The molecule has 0 bridgehead atoms. The Labute approximate surface area is 752 Å². The van der Waals surface area contributed by atoms with Gasteiger partial charge in [-0.3, -0.25) is 0 Å². The first-order chi connectivity index (χ1) is 60.5. The molecule has 12 rings (SSSR count). The highest BCUT2D eigenvalue weighted by atomic mass is 19.3. The standard InChI is InChI=1S/C31H52F2O.C28H48F2O.C26H42F2O3.C24H40F2O2/c1-2-3-4-9-27-18-20-28(21-19-27)29-22-23-30(34-24-29)12-7-5-10-25-14-16-26(17-15-25)11-6-8-13-31(32)33;1-2-6-22-15-17-25(18-16-22)26-19-20-27(31-21-26)9-4-3-7-23-11-13-24(14-12-23)8-5-10-28(29)30;1-2-3-4-6-20-8-12-23(13-9-20)26-30-18-22(19-31-26)7-5-16-29-24-14-10-21(11-15-24)17-25(27)28;1-2-18-11-13-22(14-12-18)24-27-16-21(17-28-24)6-4-3-5-19-7-9-20(10-8-19)15-23(25)26/h4,9,13,25-30H,2-3,5-8,10-12,14-24H2,1H3;10,22-27H,2-9,11-21H2,1H3;2-3,17,20-24,26H,4-16,18-19H2,1H3;15,18-22,24H,2-14,16-17H2,1H3/b9-4+;;3-2+;. The summed E-state index contributed by atoms with van der Waals surface area (Å²) in [5.41, 5.74) is 0. The van der Waals surface area contributed by atoms with E-state index < -0.39 is 24.3 Å². The van der Waals surface area contributed by atoms with Crippen LogP contribution in [-0.2, 0) is 33.2 Å². The van der Waals surface area contributed by atoms with Gasteiger partial charge in [-0.25, -0.2) is 0 Å². The largest absolute Gasteiger partial charge is 0.378 e. The van der Waals surface area contributed by atoms with Gasteiger partial charge in [0.25, 0.3) is 24.3 Å². The molecule has 0 N–H and O–H groups in total. The van der Waals surface area contributed by atoms with E-state index in [4.69, 9.17) is 33.2 Å². The van der Waals surface area contributed by atoms with Crippen molar-refractivity contribution >= 4 is 0 Å². The van der Waals surface area contributed by atoms with Crippen molar-refractivity contribution in [3.8, 4) is 0 Å². The predicted octanol–water partition coefficient (Wildman–Crippen LogP) is 34.2. The van der Waals surface area contributed by atoms with Crippen molar-refractivity contribution < 1.29 is 68.3 Å². The summed E-state index contributed by atoms with van der Waals surface area (Å²) < 4.78 is 141. The second-order valence-corrected chi connectivity index (χ2v) is 42.3. The molecule has 0 radical (unpaired) electrons. The number of hydrogen-bond acceptors (Lipinski definition) is 7. The summed E-state index contributed by atoms with van der Waals surface area (Å²) in [6, 6.07) is 0. The minimum absolute atomic E-state index is 0.00220. The van der Waals surface area contributed by atoms with Crippen molar-refractivity contribution in [1.29, 1.82) is 0 Å². The molecule has 0 spiro atoms. The zero-order valence-corrected chi connectivity index (χ0v) is 79.1. The van der Waals surface area contributed by atoms with Crippen molar-refractivity contribution in [2.45, 2.75) is 457 Å². The Balaban J connectivity index is 0.000000188. The molecule has 12 fully saturated rings. The van der Waals surface area contributed by atoms with E-state index in [-0.39, 0.29) is 30.5 Å². The summed E-state index contributed by atoms with van der Waals surface area (Å²) in [5.74, 6) is 13.5. The van der Waals surface area contributed by atoms with Gasteiger partial charge in [0.05, 0.1) is 58.0 Å². The molecule has 4 unspecified atom stereocenters. The van der Waals surface area contributed by atoms with Crippen LogP contribution >= 0.6 is 0 Å². The molecule has 0 aromatic carbocycles. The fourth-order valence-electron chi connectivity index (χ4n) is 24.8. The minimum Gasteiger partial charge on any atom is -0.378 e. The lowest BCUT2D eigenvalue weighted by molar-refractivity contribution is -0.230. The molecule has 4 heterocycles. The fraction of sp³-hybridized carbons (Fsp3) is 0.890. The topological polar surface area (TPSA) is 64.6 Å². The lowest BCUT2D eigenvalue weighted by Crippen LogP contribution is -2.38. The quantitative estimate of drug-likeness (QED) is 0.0343. The minimum atomic E-state index is -1.55. The number of rotatable bonds is 42. The highest BCUT2D eigenvalue weighted by Gasteiger charge is 2.38. The van der Waals surface area contributed by atoms with Crippen LogP contribution in [0.15, 0.2) is 72.9 Å². The van der Waals surface area contributed by atoms with Gasteiger partial charge in [-0.2, -0.15) is 35.1 Å². The van der Waals surface area contributed by atoms with E-state index in [1.807, 2.05) is 0 Å². The van der Waals surface area contributed by atoms with Crippen LogP contribution in [-0.4, -0.2) is 77.1 Å². The van der Waals surface area contributed by atoms with Gasteiger partial charge in [0.15, 0.2) is 12.6 Å². The van der Waals surface area contributed by atoms with E-state index in [1.54, 1.807) is 0 Å². The fourth-order valence-corrected chi connectivity index (χ4v) is 24.8. The van der Waals surface area contributed by atoms with Crippen LogP contribution < -0.4 is 0 Å². The summed E-state index contributed by atoms with van der Waals surface area (Å²) in [6.07, 6.45) is 85.1. The molecule has 4 saturated heterocycles. The average Bonchev–Trinajstić information content (AvgIpc) is 0.860. The van der Waals surface area contributed by atoms with Gasteiger partial charge in [0, 0.05) is 30.3 Å². The molecule has 716 valence electrons. The Morgan fingerprint density at radius 2 is 0.629 bits per heavy atom. The maximum Gasteiger partial charge on any atom is 0.266 e. The van der Waals surface area contributed by atoms with Crippen LogP contribution in [0.1, 0.15) is 426 Å². The first-order valence-electron chi connectivity index (χ1n) is 53.2. The highest BCUT2D eigenvalue weighted by Crippen LogP contribution is 2.45. The lowest BCUT2D eigenvalue weighted by Gasteiger charge is -2.38. The van der Waals surface area contributed by atoms with Crippen LogP contribution in [0.2, 0.25) is 0 Å². The Bertz CT molecular complexity index is 2810. The lowest BCUT2D eigenvalue weighted by atomic mass is 9.73. The Kier molecular flexibility index (Phi) is 53.4. The molecule has 15 heteroatoms. The van der Waals surface area contributed by atoms with Gasteiger partial charge in [-0.15, -0.1) is 0 Å². The molecular formula is C109H182F8O7. The third-order valence-electron chi connectivity index (χ3n) is 33.1. The molecule has 0 aromatic heterocycles. The van der Waals surface area contributed by atoms with Crippen molar-refractivity contribution in [3.63, 3.8) is 0 Å². The summed E-state index contributed by atoms with van der Waals surface area (Å²) in [6.45, 7) is 15.1. The second-order valence-electron chi connectivity index (χ2n) is 42.3. The maximum atomic E-state index is 12.3. The van der Waals surface area contributed by atoms with Gasteiger partial charge in [0.1, 0.15) is 0 Å². The summed E-state index contributed by atoms with van der Waals surface area (Å²) >= 11 is 0. The van der Waals surface area contributed by atoms with Crippen molar-refractivity contribution in [1.82, 2.24) is 0 Å². The normalized spacial score (nSPS) is 34.5. The summed E-state index contributed by atoms with van der Waals surface area (Å²) in [4.78, 5) is 0. The van der Waals surface area contributed by atoms with E-state index in [1.165, 1.54) is 308 Å². The van der Waals surface area contributed by atoms with Crippen molar-refractivity contribution in [2.75, 3.05) is 46.2 Å². The van der Waals surface area contributed by atoms with Gasteiger partial charge >= 0.3 is 0 Å². The molecule has 0 amide bonds. The molecule has 12 aliphatic rings. The van der Waals surface area contributed by atoms with E-state index >= 15 is 0 Å². The Morgan fingerprint density at radius 3 is 1.05 bits per heavy atom. The predicted molar refractivity (Wildman–Crippen MR) is 495 cm³/mol. The molecule has 0 aromatic rings. The van der Waals surface area contributed by atoms with Crippen LogP contribution in [0.4, 0.5) is 35.1 Å². The number of halogens is 8. The average molecular weight is 1760 g/mol. The van der Waals surface area contributed by atoms with E-state index in [2.05, 4.69) is 52.0 Å². The summed E-state index contributed by atoms with van der Waals surface area (Å²) in [5, 5.41) is 0. The molecule has 8 aliphatic carbocycles. The zero-order valence-electron chi connectivity index (χ0n) is 79.1. The van der Waals surface area contributed by atoms with Gasteiger partial charge in [-0.05, 0) is 351 Å². The second kappa shape index (κ2) is 62.9. The number of allylic oxidation sites excluding steroid dienone is 8. The van der Waals surface area contributed by atoms with E-state index in [9.17, 15) is 35.1 Å². The monoisotopic (exact) mass is 1760 g/mol. The molecule has 7 nitrogen and oxygen atoms in total. The number of unbranched alkanes of at least 4 members (excludes halogenated alkanes) is 5. The molecule has 124 heavy (non-hydrogen) atoms. The SMILES string of the molecule is C/C=C/CCC1CCC(C2OCC(CCCOC3CCC(C=C(F)F)CC3)CO2)CC1.CCC/C=C/C1CCC(C2CCC(CCCCC3CCC(CCCC=C(F)F)CC3)OC2)CC1.CCC1CCC(C2OCC(CCCCC3CCC(C=C(F)F)CC3)CO2)CC1.CCCC1CCC(C2CCC(CCCCC3CCC(CCC=C(F)F)CC3)OC2)CC1. The van der Waals surface area contributed by atoms with Crippen LogP contribution in [0.25, 0.3) is 0 Å². The Hall–Kier alpha value is -2.40. The van der Waals surface area contributed by atoms with Gasteiger partial charge in [-0.1, -0.05) is 212 Å². The Morgan fingerprint density at radius 1 is 0.274 bits per heavy atom. The van der Waals surface area contributed by atoms with Crippen molar-refractivity contribution in [2.24, 2.45) is 112 Å². The molecule has 8 saturated carbocycles. The number of ether oxygens (including phenoxy) is 7. The molecule has 4 aliphatic heterocycles. The maximum absolute atomic E-state index is 12.3. The van der Waals surface area contributed by atoms with Gasteiger partial charge < -0.3 is 33.2 Å². The van der Waals surface area contributed by atoms with Crippen LogP contribution in [0.5, 0.6) is 0 Å². The molecule has 4 atom stereocenters. The van der Waals surface area contributed by atoms with Crippen LogP contribution in [0, 0.1) is 112 Å². The zero-order chi connectivity index (χ0) is 87.6. The van der Waals surface area contributed by atoms with Crippen LogP contribution in [0.3, 0.4) is 0 Å². The first-order valence-corrected chi connectivity index (χ1v) is 53.2. The van der Waals surface area contributed by atoms with Crippen molar-refractivity contribution in [3.05, 3.63) is 72.9 Å².